The van der Waals surface area contributed by atoms with Crippen molar-refractivity contribution in [2.24, 2.45) is 11.8 Å². The molecule has 2 saturated carbocycles. The van der Waals surface area contributed by atoms with Crippen LogP contribution in [0.4, 0.5) is 10.5 Å². The van der Waals surface area contributed by atoms with Gasteiger partial charge >= 0.3 is 6.03 Å². The Balaban J connectivity index is 1.50. The molecule has 108 valence electrons. The van der Waals surface area contributed by atoms with Crippen LogP contribution in [0, 0.1) is 11.8 Å². The van der Waals surface area contributed by atoms with Crippen LogP contribution in [-0.4, -0.2) is 17.1 Å². The fourth-order valence-electron chi connectivity index (χ4n) is 3.07. The van der Waals surface area contributed by atoms with Crippen molar-refractivity contribution >= 4 is 22.5 Å². The molecular weight excluding hydrogens is 262 g/mol. The predicted octanol–water partition coefficient (Wildman–Crippen LogP) is 3.54. The third kappa shape index (κ3) is 2.71. The van der Waals surface area contributed by atoms with Crippen molar-refractivity contribution in [1.82, 2.24) is 10.3 Å². The number of carbonyl (C=O) groups is 1. The van der Waals surface area contributed by atoms with Crippen LogP contribution in [0.2, 0.25) is 0 Å². The molecular formula is C17H19N3O. The zero-order chi connectivity index (χ0) is 14.2. The number of carbonyl (C=O) groups excluding carboxylic acids is 1. The van der Waals surface area contributed by atoms with Gasteiger partial charge in [0.05, 0.1) is 5.69 Å². The van der Waals surface area contributed by atoms with Crippen LogP contribution in [0.15, 0.2) is 36.7 Å². The summed E-state index contributed by atoms with van der Waals surface area (Å²) in [6.07, 6.45) is 8.63. The van der Waals surface area contributed by atoms with Gasteiger partial charge in [0.2, 0.25) is 0 Å². The highest BCUT2D eigenvalue weighted by molar-refractivity contribution is 6.01. The second kappa shape index (κ2) is 5.02. The Morgan fingerprint density at radius 1 is 1.14 bits per heavy atom. The average molecular weight is 281 g/mol. The molecule has 2 fully saturated rings. The topological polar surface area (TPSA) is 54.0 Å². The van der Waals surface area contributed by atoms with Gasteiger partial charge in [-0.25, -0.2) is 4.79 Å². The first-order chi connectivity index (χ1) is 10.3. The monoisotopic (exact) mass is 281 g/mol. The molecule has 2 amide bonds. The number of nitrogens with zero attached hydrogens (tertiary/aromatic N) is 1. The summed E-state index contributed by atoms with van der Waals surface area (Å²) in [5.74, 6) is 1.42. The summed E-state index contributed by atoms with van der Waals surface area (Å²) in [4.78, 5) is 16.4. The second-order valence-electron chi connectivity index (χ2n) is 6.20. The molecule has 2 N–H and O–H groups in total. The number of fused-ring (bicyclic) bond motifs is 1. The van der Waals surface area contributed by atoms with Gasteiger partial charge in [0.25, 0.3) is 0 Å². The van der Waals surface area contributed by atoms with Crippen LogP contribution >= 0.6 is 0 Å². The maximum atomic E-state index is 12.3. The molecule has 1 aromatic heterocycles. The molecule has 0 radical (unpaired) electrons. The summed E-state index contributed by atoms with van der Waals surface area (Å²) in [6.45, 7) is 0. The van der Waals surface area contributed by atoms with E-state index in [2.05, 4.69) is 15.6 Å². The molecule has 2 aliphatic carbocycles. The predicted molar refractivity (Wildman–Crippen MR) is 83.1 cm³/mol. The van der Waals surface area contributed by atoms with Crippen molar-refractivity contribution in [3.05, 3.63) is 36.7 Å². The van der Waals surface area contributed by atoms with Crippen LogP contribution in [0.5, 0.6) is 0 Å². The van der Waals surface area contributed by atoms with Gasteiger partial charge in [-0.2, -0.15) is 0 Å². The van der Waals surface area contributed by atoms with Crippen molar-refractivity contribution < 1.29 is 4.79 Å². The number of nitrogens with one attached hydrogen (secondary N) is 2. The zero-order valence-electron chi connectivity index (χ0n) is 11.9. The van der Waals surface area contributed by atoms with E-state index in [9.17, 15) is 4.79 Å². The van der Waals surface area contributed by atoms with E-state index in [-0.39, 0.29) is 6.03 Å². The highest BCUT2D eigenvalue weighted by Crippen LogP contribution is 2.44. The van der Waals surface area contributed by atoms with Gasteiger partial charge in [-0.15, -0.1) is 0 Å². The maximum Gasteiger partial charge on any atom is 0.319 e. The van der Waals surface area contributed by atoms with E-state index in [1.54, 1.807) is 6.20 Å². The Kier molecular flexibility index (Phi) is 3.02. The molecule has 2 aromatic rings. The Morgan fingerprint density at radius 3 is 2.62 bits per heavy atom. The molecule has 4 nitrogen and oxygen atoms in total. The first-order valence-electron chi connectivity index (χ1n) is 7.71. The van der Waals surface area contributed by atoms with Crippen LogP contribution in [0.1, 0.15) is 25.7 Å². The zero-order valence-corrected chi connectivity index (χ0v) is 11.9. The number of aromatic nitrogens is 1. The molecule has 21 heavy (non-hydrogen) atoms. The lowest BCUT2D eigenvalue weighted by molar-refractivity contribution is 0.245. The minimum Gasteiger partial charge on any atom is -0.335 e. The minimum atomic E-state index is -0.0805. The van der Waals surface area contributed by atoms with E-state index in [4.69, 9.17) is 0 Å². The summed E-state index contributed by atoms with van der Waals surface area (Å²) in [6, 6.07) is 8.11. The van der Waals surface area contributed by atoms with Gasteiger partial charge in [-0.05, 0) is 49.7 Å². The lowest BCUT2D eigenvalue weighted by Gasteiger charge is -2.18. The summed E-state index contributed by atoms with van der Waals surface area (Å²) in [7, 11) is 0. The molecule has 0 bridgehead atoms. The Labute approximate surface area is 124 Å². The summed E-state index contributed by atoms with van der Waals surface area (Å²) < 4.78 is 0. The van der Waals surface area contributed by atoms with Crippen molar-refractivity contribution in [1.29, 1.82) is 0 Å². The normalized spacial score (nSPS) is 18.0. The molecule has 1 heterocycles. The molecule has 2 aliphatic rings. The number of anilines is 1. The van der Waals surface area contributed by atoms with Gasteiger partial charge in [0.1, 0.15) is 0 Å². The van der Waals surface area contributed by atoms with E-state index in [0.29, 0.717) is 17.9 Å². The number of pyridine rings is 1. The maximum absolute atomic E-state index is 12.3. The lowest BCUT2D eigenvalue weighted by Crippen LogP contribution is -2.40. The Hall–Kier alpha value is -2.10. The minimum absolute atomic E-state index is 0.0805. The van der Waals surface area contributed by atoms with Gasteiger partial charge in [-0.3, -0.25) is 4.98 Å². The molecule has 1 aromatic carbocycles. The highest BCUT2D eigenvalue weighted by Gasteiger charge is 2.42. The summed E-state index contributed by atoms with van der Waals surface area (Å²) >= 11 is 0. The summed E-state index contributed by atoms with van der Waals surface area (Å²) in [5, 5.41) is 8.25. The van der Waals surface area contributed by atoms with Gasteiger partial charge in [0, 0.05) is 29.2 Å². The first-order valence-corrected chi connectivity index (χ1v) is 7.71. The van der Waals surface area contributed by atoms with Gasteiger partial charge in [0.15, 0.2) is 0 Å². The average Bonchev–Trinajstić information content (AvgIpc) is 3.39. The quantitative estimate of drug-likeness (QED) is 0.900. The standard InChI is InChI=1S/C17H19N3O/c21-17(20-16(11-4-5-11)12-6-7-12)19-15-3-1-2-13-10-18-9-8-14(13)15/h1-3,8-12,16H,4-7H2,(H2,19,20,21). The highest BCUT2D eigenvalue weighted by atomic mass is 16.2. The van der Waals surface area contributed by atoms with Crippen molar-refractivity contribution in [3.8, 4) is 0 Å². The van der Waals surface area contributed by atoms with Crippen LogP contribution in [0.25, 0.3) is 10.8 Å². The van der Waals surface area contributed by atoms with E-state index >= 15 is 0 Å². The fourth-order valence-corrected chi connectivity index (χ4v) is 3.07. The van der Waals surface area contributed by atoms with Crippen LogP contribution in [-0.2, 0) is 0 Å². The number of benzene rings is 1. The summed E-state index contributed by atoms with van der Waals surface area (Å²) in [5.41, 5.74) is 0.845. The molecule has 0 saturated heterocycles. The van der Waals surface area contributed by atoms with E-state index < -0.39 is 0 Å². The number of amides is 2. The van der Waals surface area contributed by atoms with Crippen LogP contribution in [0.3, 0.4) is 0 Å². The number of hydrogen-bond acceptors (Lipinski definition) is 2. The van der Waals surface area contributed by atoms with E-state index in [1.165, 1.54) is 25.7 Å². The van der Waals surface area contributed by atoms with E-state index in [0.717, 1.165) is 16.5 Å². The number of urea groups is 1. The first kappa shape index (κ1) is 12.6. The molecule has 0 unspecified atom stereocenters. The molecule has 0 atom stereocenters. The second-order valence-corrected chi connectivity index (χ2v) is 6.20. The van der Waals surface area contributed by atoms with Crippen molar-refractivity contribution in [2.45, 2.75) is 31.7 Å². The van der Waals surface area contributed by atoms with Gasteiger partial charge < -0.3 is 10.6 Å². The Morgan fingerprint density at radius 2 is 1.90 bits per heavy atom. The number of hydrogen-bond donors (Lipinski definition) is 2. The van der Waals surface area contributed by atoms with Crippen molar-refractivity contribution in [3.63, 3.8) is 0 Å². The van der Waals surface area contributed by atoms with Crippen molar-refractivity contribution in [2.75, 3.05) is 5.32 Å². The lowest BCUT2D eigenvalue weighted by atomic mass is 10.1. The largest absolute Gasteiger partial charge is 0.335 e. The molecule has 4 heteroatoms. The van der Waals surface area contributed by atoms with Gasteiger partial charge in [-0.1, -0.05) is 12.1 Å². The molecule has 0 aliphatic heterocycles. The van der Waals surface area contributed by atoms with Crippen LogP contribution < -0.4 is 10.6 Å². The number of rotatable bonds is 4. The smallest absolute Gasteiger partial charge is 0.319 e. The fraction of sp³-hybridized carbons (Fsp3) is 0.412. The van der Waals surface area contributed by atoms with E-state index in [1.807, 2.05) is 30.5 Å². The molecule has 0 spiro atoms. The Bertz CT molecular complexity index is 659. The molecule has 4 rings (SSSR count). The third-order valence-electron chi connectivity index (χ3n) is 4.49. The SMILES string of the molecule is O=C(Nc1cccc2cnccc12)NC(C1CC1)C1CC1. The third-order valence-corrected chi connectivity index (χ3v) is 4.49.